The van der Waals surface area contributed by atoms with Crippen LogP contribution in [0.5, 0.6) is 0 Å². The van der Waals surface area contributed by atoms with Gasteiger partial charge in [-0.25, -0.2) is 9.97 Å². The maximum atomic E-state index is 12.2. The fraction of sp³-hybridized carbons (Fsp3) is 0.381. The van der Waals surface area contributed by atoms with Crippen LogP contribution in [0.4, 0.5) is 5.82 Å². The second kappa shape index (κ2) is 6.24. The largest absolute Gasteiger partial charge is 0.367 e. The molecule has 5 heteroatoms. The summed E-state index contributed by atoms with van der Waals surface area (Å²) in [5.41, 5.74) is 3.72. The number of anilines is 1. The molecule has 2 aliphatic rings. The van der Waals surface area contributed by atoms with Gasteiger partial charge in [-0.1, -0.05) is 24.3 Å². The van der Waals surface area contributed by atoms with Crippen molar-refractivity contribution in [3.8, 4) is 11.3 Å². The summed E-state index contributed by atoms with van der Waals surface area (Å²) in [7, 11) is 0. The minimum Gasteiger partial charge on any atom is -0.367 e. The summed E-state index contributed by atoms with van der Waals surface area (Å²) in [4.78, 5) is 21.3. The number of carbonyl (C=O) groups excluding carboxylic acids is 1. The molecule has 2 fully saturated rings. The Bertz CT molecular complexity index is 952. The van der Waals surface area contributed by atoms with Gasteiger partial charge >= 0.3 is 0 Å². The summed E-state index contributed by atoms with van der Waals surface area (Å²) in [6, 6.07) is 7.91. The predicted octanol–water partition coefficient (Wildman–Crippen LogP) is 4.20. The van der Waals surface area contributed by atoms with Crippen LogP contribution in [0.25, 0.3) is 16.9 Å². The van der Waals surface area contributed by atoms with Crippen LogP contribution in [-0.4, -0.2) is 26.7 Å². The van der Waals surface area contributed by atoms with E-state index in [9.17, 15) is 4.79 Å². The van der Waals surface area contributed by atoms with Crippen molar-refractivity contribution in [3.05, 3.63) is 48.4 Å². The number of nitrogens with zero attached hydrogens (tertiary/aromatic N) is 3. The van der Waals surface area contributed by atoms with Crippen LogP contribution in [-0.2, 0) is 0 Å². The molecule has 5 nitrogen and oxygen atoms in total. The summed E-state index contributed by atoms with van der Waals surface area (Å²) >= 11 is 0. The zero-order chi connectivity index (χ0) is 17.5. The molecule has 0 saturated heterocycles. The van der Waals surface area contributed by atoms with Gasteiger partial charge in [-0.2, -0.15) is 0 Å². The maximum Gasteiger partial charge on any atom is 0.180 e. The third-order valence-electron chi connectivity index (χ3n) is 5.36. The molecule has 3 aromatic rings. The van der Waals surface area contributed by atoms with Crippen molar-refractivity contribution in [1.82, 2.24) is 14.4 Å². The molecule has 1 N–H and O–H groups in total. The first-order valence-electron chi connectivity index (χ1n) is 9.47. The van der Waals surface area contributed by atoms with Gasteiger partial charge < -0.3 is 5.32 Å². The van der Waals surface area contributed by atoms with E-state index in [-0.39, 0.29) is 5.78 Å². The van der Waals surface area contributed by atoms with Gasteiger partial charge in [0.25, 0.3) is 0 Å². The lowest BCUT2D eigenvalue weighted by atomic mass is 10.0. The Morgan fingerprint density at radius 3 is 2.58 bits per heavy atom. The molecule has 2 saturated carbocycles. The van der Waals surface area contributed by atoms with E-state index in [1.54, 1.807) is 6.20 Å². The number of Topliss-reactive ketones (excluding diaryl/α,β-unsaturated/α-hetero) is 1. The highest BCUT2D eigenvalue weighted by Crippen LogP contribution is 2.34. The van der Waals surface area contributed by atoms with Crippen LogP contribution in [0.3, 0.4) is 0 Å². The summed E-state index contributed by atoms with van der Waals surface area (Å²) in [5, 5.41) is 3.42. The van der Waals surface area contributed by atoms with Crippen molar-refractivity contribution < 1.29 is 4.79 Å². The number of hydrogen-bond acceptors (Lipinski definition) is 4. The fourth-order valence-corrected chi connectivity index (χ4v) is 3.35. The van der Waals surface area contributed by atoms with Crippen LogP contribution < -0.4 is 5.32 Å². The fourth-order valence-electron chi connectivity index (χ4n) is 3.35. The van der Waals surface area contributed by atoms with Crippen LogP contribution in [0.2, 0.25) is 0 Å². The molecule has 2 aliphatic carbocycles. The highest BCUT2D eigenvalue weighted by atomic mass is 16.1. The van der Waals surface area contributed by atoms with Gasteiger partial charge in [0.1, 0.15) is 0 Å². The third kappa shape index (κ3) is 3.09. The topological polar surface area (TPSA) is 59.3 Å². The van der Waals surface area contributed by atoms with Gasteiger partial charge in [0.15, 0.2) is 17.2 Å². The minimum atomic E-state index is 0.257. The Morgan fingerprint density at radius 1 is 1.08 bits per heavy atom. The number of carbonyl (C=O) groups is 1. The van der Waals surface area contributed by atoms with Gasteiger partial charge in [0.2, 0.25) is 0 Å². The lowest BCUT2D eigenvalue weighted by Crippen LogP contribution is -2.06. The molecule has 0 aliphatic heterocycles. The Kier molecular flexibility index (Phi) is 3.73. The average molecular weight is 346 g/mol. The summed E-state index contributed by atoms with van der Waals surface area (Å²) in [6.45, 7) is 0.965. The van der Waals surface area contributed by atoms with Crippen LogP contribution >= 0.6 is 0 Å². The van der Waals surface area contributed by atoms with Gasteiger partial charge in [0.05, 0.1) is 11.9 Å². The molecule has 0 radical (unpaired) electrons. The van der Waals surface area contributed by atoms with E-state index in [0.717, 1.165) is 40.7 Å². The predicted molar refractivity (Wildman–Crippen MR) is 101 cm³/mol. The number of rotatable bonds is 7. The first-order chi connectivity index (χ1) is 12.8. The number of aromatic nitrogens is 3. The SMILES string of the molecule is O=C(CC1CC1)c1ccc(-c2cnc3c(NCC4CC4)nccn23)cc1. The Morgan fingerprint density at radius 2 is 1.85 bits per heavy atom. The Labute approximate surface area is 152 Å². The molecule has 0 unspecified atom stereocenters. The maximum absolute atomic E-state index is 12.2. The molecule has 5 rings (SSSR count). The van der Waals surface area contributed by atoms with Gasteiger partial charge in [-0.3, -0.25) is 9.20 Å². The number of imidazole rings is 1. The number of nitrogens with one attached hydrogen (secondary N) is 1. The van der Waals surface area contributed by atoms with Crippen molar-refractivity contribution in [3.63, 3.8) is 0 Å². The van der Waals surface area contributed by atoms with Gasteiger partial charge in [-0.15, -0.1) is 0 Å². The monoisotopic (exact) mass is 346 g/mol. The van der Waals surface area contributed by atoms with Crippen LogP contribution in [0.1, 0.15) is 42.5 Å². The van der Waals surface area contributed by atoms with E-state index in [2.05, 4.69) is 19.7 Å². The second-order valence-corrected chi connectivity index (χ2v) is 7.59. The van der Waals surface area contributed by atoms with Crippen molar-refractivity contribution in [2.45, 2.75) is 32.1 Å². The third-order valence-corrected chi connectivity index (χ3v) is 5.36. The highest BCUT2D eigenvalue weighted by Gasteiger charge is 2.25. The first kappa shape index (κ1) is 15.6. The van der Waals surface area contributed by atoms with E-state index in [1.165, 1.54) is 25.7 Å². The van der Waals surface area contributed by atoms with Crippen molar-refractivity contribution in [2.75, 3.05) is 11.9 Å². The van der Waals surface area contributed by atoms with E-state index < -0.39 is 0 Å². The number of hydrogen-bond donors (Lipinski definition) is 1. The van der Waals surface area contributed by atoms with Gasteiger partial charge in [0, 0.05) is 36.5 Å². The van der Waals surface area contributed by atoms with Crippen molar-refractivity contribution >= 4 is 17.2 Å². The molecule has 0 atom stereocenters. The zero-order valence-electron chi connectivity index (χ0n) is 14.7. The van der Waals surface area contributed by atoms with Crippen molar-refractivity contribution in [2.24, 2.45) is 11.8 Å². The normalized spacial score (nSPS) is 16.8. The molecular formula is C21H22N4O. The summed E-state index contributed by atoms with van der Waals surface area (Å²) in [5.74, 6) is 2.50. The number of ketones is 1. The Balaban J connectivity index is 1.41. The first-order valence-corrected chi connectivity index (χ1v) is 9.47. The summed E-state index contributed by atoms with van der Waals surface area (Å²) in [6.07, 6.45) is 11.3. The second-order valence-electron chi connectivity index (χ2n) is 7.59. The molecule has 2 heterocycles. The van der Waals surface area contributed by atoms with Crippen LogP contribution in [0.15, 0.2) is 42.9 Å². The standard InChI is InChI=1S/C21H22N4O/c26-19(11-14-1-2-14)17-7-5-16(6-8-17)18-13-24-21-20(22-9-10-25(18)21)23-12-15-3-4-15/h5-10,13-15H,1-4,11-12H2,(H,22,23). The lowest BCUT2D eigenvalue weighted by molar-refractivity contribution is 0.0976. The van der Waals surface area contributed by atoms with Crippen LogP contribution in [0, 0.1) is 11.8 Å². The zero-order valence-corrected chi connectivity index (χ0v) is 14.7. The molecule has 0 spiro atoms. The average Bonchev–Trinajstić information content (AvgIpc) is 3.59. The van der Waals surface area contributed by atoms with E-state index >= 15 is 0 Å². The lowest BCUT2D eigenvalue weighted by Gasteiger charge is -2.07. The van der Waals surface area contributed by atoms with Crippen molar-refractivity contribution in [1.29, 1.82) is 0 Å². The van der Waals surface area contributed by atoms with E-state index in [4.69, 9.17) is 0 Å². The number of fused-ring (bicyclic) bond motifs is 1. The van der Waals surface area contributed by atoms with E-state index in [0.29, 0.717) is 12.3 Å². The molecule has 0 amide bonds. The minimum absolute atomic E-state index is 0.257. The molecule has 1 aromatic carbocycles. The molecular weight excluding hydrogens is 324 g/mol. The number of benzene rings is 1. The quantitative estimate of drug-likeness (QED) is 0.651. The Hall–Kier alpha value is -2.69. The summed E-state index contributed by atoms with van der Waals surface area (Å²) < 4.78 is 2.06. The van der Waals surface area contributed by atoms with E-state index in [1.807, 2.05) is 36.7 Å². The molecule has 132 valence electrons. The smallest absolute Gasteiger partial charge is 0.180 e. The van der Waals surface area contributed by atoms with Gasteiger partial charge in [-0.05, 0) is 37.5 Å². The molecule has 2 aromatic heterocycles. The molecule has 26 heavy (non-hydrogen) atoms. The molecule has 0 bridgehead atoms. The highest BCUT2D eigenvalue weighted by molar-refractivity contribution is 5.96.